The molecule has 0 aromatic heterocycles. The molecule has 0 saturated carbocycles. The first-order valence-electron chi connectivity index (χ1n) is 22.7. The van der Waals surface area contributed by atoms with Gasteiger partial charge in [0.05, 0.1) is 0 Å². The molecular weight excluding hydrogens is 757 g/mol. The van der Waals surface area contributed by atoms with Crippen molar-refractivity contribution in [2.75, 3.05) is 0 Å². The molecule has 0 N–H and O–H groups in total. The fourth-order valence-electron chi connectivity index (χ4n) is 12.1. The van der Waals surface area contributed by atoms with E-state index in [0.717, 1.165) is 0 Å². The van der Waals surface area contributed by atoms with Crippen LogP contribution >= 0.6 is 0 Å². The van der Waals surface area contributed by atoms with E-state index in [9.17, 15) is 0 Å². The van der Waals surface area contributed by atoms with E-state index in [-0.39, 0.29) is 16.2 Å². The SMILES string of the molecule is CC1(C)c2ccccc2-c2ccc(-c3ccc4c(c3)C(C)(C)c3cc(-c5ccc6c(c5)C(C)(C)c5cc(-c7ccc8ccc9c%10ccccc%10ccc9c8c7)ccc5-6)ccc3-4)cc21. The first kappa shape index (κ1) is 36.6. The second-order valence-electron chi connectivity index (χ2n) is 20.1. The maximum absolute atomic E-state index is 2.48. The van der Waals surface area contributed by atoms with Crippen molar-refractivity contribution < 1.29 is 0 Å². The average molecular weight is 805 g/mol. The van der Waals surface area contributed by atoms with E-state index < -0.39 is 0 Å². The summed E-state index contributed by atoms with van der Waals surface area (Å²) in [5.41, 5.74) is 24.0. The number of benzene rings is 10. The van der Waals surface area contributed by atoms with E-state index in [1.54, 1.807) is 0 Å². The van der Waals surface area contributed by atoms with Crippen molar-refractivity contribution in [2.45, 2.75) is 57.8 Å². The van der Waals surface area contributed by atoms with Crippen LogP contribution in [0.4, 0.5) is 0 Å². The number of hydrogen-bond donors (Lipinski definition) is 0. The number of rotatable bonds is 3. The minimum absolute atomic E-state index is 0.0202. The molecule has 10 aromatic carbocycles. The highest BCUT2D eigenvalue weighted by atomic mass is 14.4. The highest BCUT2D eigenvalue weighted by Crippen LogP contribution is 2.54. The Morgan fingerprint density at radius 3 is 1.02 bits per heavy atom. The molecule has 3 aliphatic carbocycles. The predicted molar refractivity (Wildman–Crippen MR) is 268 cm³/mol. The molecule has 0 heteroatoms. The van der Waals surface area contributed by atoms with Gasteiger partial charge in [-0.25, -0.2) is 0 Å². The Morgan fingerprint density at radius 1 is 0.222 bits per heavy atom. The summed E-state index contributed by atoms with van der Waals surface area (Å²) in [5, 5.41) is 7.79. The molecule has 0 amide bonds. The van der Waals surface area contributed by atoms with Crippen molar-refractivity contribution in [3.05, 3.63) is 215 Å². The van der Waals surface area contributed by atoms with E-state index in [4.69, 9.17) is 0 Å². The Hall–Kier alpha value is -7.02. The minimum Gasteiger partial charge on any atom is -0.0619 e. The minimum atomic E-state index is -0.142. The first-order chi connectivity index (χ1) is 30.5. The van der Waals surface area contributed by atoms with Crippen molar-refractivity contribution in [3.8, 4) is 66.8 Å². The maximum Gasteiger partial charge on any atom is 0.0159 e. The molecule has 0 heterocycles. The summed E-state index contributed by atoms with van der Waals surface area (Å²) in [6.45, 7) is 14.4. The molecule has 0 spiro atoms. The van der Waals surface area contributed by atoms with Gasteiger partial charge in [-0.3, -0.25) is 0 Å². The molecule has 0 fully saturated rings. The molecule has 63 heavy (non-hydrogen) atoms. The fourth-order valence-corrected chi connectivity index (χ4v) is 12.1. The van der Waals surface area contributed by atoms with Crippen molar-refractivity contribution in [3.63, 3.8) is 0 Å². The topological polar surface area (TPSA) is 0 Å². The van der Waals surface area contributed by atoms with Crippen LogP contribution in [0.3, 0.4) is 0 Å². The summed E-state index contributed by atoms with van der Waals surface area (Å²) in [5.74, 6) is 0. The van der Waals surface area contributed by atoms with Crippen LogP contribution in [0, 0.1) is 0 Å². The quantitative estimate of drug-likeness (QED) is 0.156. The third kappa shape index (κ3) is 5.04. The molecule has 0 nitrogen and oxygen atoms in total. The third-order valence-electron chi connectivity index (χ3n) is 15.7. The zero-order valence-electron chi connectivity index (χ0n) is 36.8. The van der Waals surface area contributed by atoms with Gasteiger partial charge >= 0.3 is 0 Å². The molecule has 0 aliphatic heterocycles. The van der Waals surface area contributed by atoms with Gasteiger partial charge in [0.1, 0.15) is 0 Å². The maximum atomic E-state index is 2.48. The smallest absolute Gasteiger partial charge is 0.0159 e. The lowest BCUT2D eigenvalue weighted by molar-refractivity contribution is 0.659. The highest BCUT2D eigenvalue weighted by Gasteiger charge is 2.39. The van der Waals surface area contributed by atoms with Crippen LogP contribution in [0.2, 0.25) is 0 Å². The molecule has 10 aromatic rings. The van der Waals surface area contributed by atoms with E-state index in [2.05, 4.69) is 224 Å². The molecule has 3 aliphatic rings. The monoisotopic (exact) mass is 804 g/mol. The van der Waals surface area contributed by atoms with Gasteiger partial charge in [-0.05, 0) is 169 Å². The van der Waals surface area contributed by atoms with Crippen LogP contribution in [0.15, 0.2) is 182 Å². The van der Waals surface area contributed by atoms with Crippen LogP contribution in [0.25, 0.3) is 99.1 Å². The van der Waals surface area contributed by atoms with Gasteiger partial charge < -0.3 is 0 Å². The Balaban J connectivity index is 0.827. The Kier molecular flexibility index (Phi) is 7.29. The van der Waals surface area contributed by atoms with Crippen molar-refractivity contribution in [2.24, 2.45) is 0 Å². The summed E-state index contributed by atoms with van der Waals surface area (Å²) >= 11 is 0. The molecular formula is C63H48. The summed E-state index contributed by atoms with van der Waals surface area (Å²) in [4.78, 5) is 0. The van der Waals surface area contributed by atoms with Gasteiger partial charge in [0.25, 0.3) is 0 Å². The summed E-state index contributed by atoms with van der Waals surface area (Å²) in [6.07, 6.45) is 0. The highest BCUT2D eigenvalue weighted by molar-refractivity contribution is 6.17. The summed E-state index contributed by atoms with van der Waals surface area (Å²) in [6, 6.07) is 69.6. The second kappa shape index (κ2) is 12.6. The number of hydrogen-bond acceptors (Lipinski definition) is 0. The van der Waals surface area contributed by atoms with Crippen LogP contribution < -0.4 is 0 Å². The molecule has 0 radical (unpaired) electrons. The lowest BCUT2D eigenvalue weighted by Crippen LogP contribution is -2.16. The van der Waals surface area contributed by atoms with E-state index in [0.29, 0.717) is 0 Å². The molecule has 13 rings (SSSR count). The van der Waals surface area contributed by atoms with Gasteiger partial charge in [-0.1, -0.05) is 187 Å². The third-order valence-corrected chi connectivity index (χ3v) is 15.7. The predicted octanol–water partition coefficient (Wildman–Crippen LogP) is 17.1. The molecule has 0 unspecified atom stereocenters. The van der Waals surface area contributed by atoms with Crippen LogP contribution in [-0.2, 0) is 16.2 Å². The van der Waals surface area contributed by atoms with Crippen LogP contribution in [0.5, 0.6) is 0 Å². The normalized spacial score (nSPS) is 15.5. The van der Waals surface area contributed by atoms with Crippen molar-refractivity contribution in [1.29, 1.82) is 0 Å². The average Bonchev–Trinajstić information content (AvgIpc) is 3.79. The largest absolute Gasteiger partial charge is 0.0619 e. The van der Waals surface area contributed by atoms with Gasteiger partial charge in [0.2, 0.25) is 0 Å². The van der Waals surface area contributed by atoms with E-state index in [1.165, 1.54) is 132 Å². The summed E-state index contributed by atoms with van der Waals surface area (Å²) in [7, 11) is 0. The summed E-state index contributed by atoms with van der Waals surface area (Å²) < 4.78 is 0. The number of fused-ring (bicyclic) bond motifs is 14. The van der Waals surface area contributed by atoms with Gasteiger partial charge in [-0.15, -0.1) is 0 Å². The lowest BCUT2D eigenvalue weighted by atomic mass is 9.79. The van der Waals surface area contributed by atoms with Crippen molar-refractivity contribution in [1.82, 2.24) is 0 Å². The van der Waals surface area contributed by atoms with Crippen molar-refractivity contribution >= 4 is 32.3 Å². The van der Waals surface area contributed by atoms with E-state index >= 15 is 0 Å². The first-order valence-corrected chi connectivity index (χ1v) is 22.7. The van der Waals surface area contributed by atoms with Crippen LogP contribution in [0.1, 0.15) is 74.9 Å². The Bertz CT molecular complexity index is 3640. The molecule has 300 valence electrons. The molecule has 0 atom stereocenters. The van der Waals surface area contributed by atoms with Crippen LogP contribution in [-0.4, -0.2) is 0 Å². The standard InChI is InChI=1S/C63H48/c1-61(2)55-14-10-9-13-48(55)49-26-20-41(33-56(49)61)42-21-28-52-53-30-23-44(36-60(53)63(5,6)59(52)34-42)43-22-29-51-50-27-19-40(32-57(50)62(3,4)58(51)35-43)39-16-15-38-18-24-46-45-12-8-7-11-37(45)17-25-47(46)54(38)31-39/h7-36H,1-6H3. The Morgan fingerprint density at radius 2 is 0.540 bits per heavy atom. The zero-order valence-corrected chi connectivity index (χ0v) is 36.8. The fraction of sp³-hybridized carbons (Fsp3) is 0.143. The van der Waals surface area contributed by atoms with Gasteiger partial charge in [0.15, 0.2) is 0 Å². The van der Waals surface area contributed by atoms with E-state index in [1.807, 2.05) is 0 Å². The van der Waals surface area contributed by atoms with Gasteiger partial charge in [-0.2, -0.15) is 0 Å². The molecule has 0 saturated heterocycles. The molecule has 0 bridgehead atoms. The lowest BCUT2D eigenvalue weighted by Gasteiger charge is -2.24. The Labute approximate surface area is 370 Å². The van der Waals surface area contributed by atoms with Gasteiger partial charge in [0, 0.05) is 16.2 Å². The second-order valence-corrected chi connectivity index (χ2v) is 20.1. The zero-order chi connectivity index (χ0) is 42.6.